The SMILES string of the molecule is Cc1cnc(C(=O)N2Cc3ccnn3CC(CCNS(C)(=O)=O)C2)cn1. The van der Waals surface area contributed by atoms with Gasteiger partial charge in [0.2, 0.25) is 10.0 Å². The van der Waals surface area contributed by atoms with Crippen molar-refractivity contribution in [3.8, 4) is 0 Å². The Morgan fingerprint density at radius 2 is 2.12 bits per heavy atom. The molecular formula is C16H22N6O3S. The van der Waals surface area contributed by atoms with Crippen LogP contribution in [0.25, 0.3) is 0 Å². The summed E-state index contributed by atoms with van der Waals surface area (Å²) >= 11 is 0. The van der Waals surface area contributed by atoms with Gasteiger partial charge in [-0.15, -0.1) is 0 Å². The molecule has 1 unspecified atom stereocenters. The van der Waals surface area contributed by atoms with Crippen LogP contribution in [0.2, 0.25) is 0 Å². The smallest absolute Gasteiger partial charge is 0.274 e. The Hall–Kier alpha value is -2.33. The van der Waals surface area contributed by atoms with Gasteiger partial charge in [0.25, 0.3) is 5.91 Å². The lowest BCUT2D eigenvalue weighted by Crippen LogP contribution is -2.35. The maximum Gasteiger partial charge on any atom is 0.274 e. The summed E-state index contributed by atoms with van der Waals surface area (Å²) < 4.78 is 26.9. The minimum atomic E-state index is -3.23. The van der Waals surface area contributed by atoms with E-state index in [0.717, 1.165) is 17.6 Å². The normalized spacial score (nSPS) is 17.6. The molecule has 3 heterocycles. The topological polar surface area (TPSA) is 110 Å². The molecule has 26 heavy (non-hydrogen) atoms. The second-order valence-corrected chi connectivity index (χ2v) is 8.39. The zero-order valence-corrected chi connectivity index (χ0v) is 15.6. The highest BCUT2D eigenvalue weighted by Crippen LogP contribution is 2.19. The number of carbonyl (C=O) groups excluding carboxylic acids is 1. The van der Waals surface area contributed by atoms with Gasteiger partial charge in [-0.05, 0) is 25.3 Å². The Balaban J connectivity index is 1.76. The molecule has 0 radical (unpaired) electrons. The van der Waals surface area contributed by atoms with Crippen LogP contribution in [0.1, 0.15) is 28.3 Å². The minimum Gasteiger partial charge on any atom is -0.331 e. The van der Waals surface area contributed by atoms with E-state index in [9.17, 15) is 13.2 Å². The van der Waals surface area contributed by atoms with E-state index in [1.54, 1.807) is 17.3 Å². The molecule has 2 aromatic rings. The molecule has 0 spiro atoms. The number of aryl methyl sites for hydroxylation is 1. The second-order valence-electron chi connectivity index (χ2n) is 6.55. The predicted octanol–water partition coefficient (Wildman–Crippen LogP) is 0.193. The van der Waals surface area contributed by atoms with Crippen LogP contribution in [0.5, 0.6) is 0 Å². The summed E-state index contributed by atoms with van der Waals surface area (Å²) in [5.41, 5.74) is 1.99. The van der Waals surface area contributed by atoms with Crippen LogP contribution in [-0.4, -0.2) is 58.3 Å². The summed E-state index contributed by atoms with van der Waals surface area (Å²) in [6, 6.07) is 1.89. The average Bonchev–Trinajstić information content (AvgIpc) is 2.92. The van der Waals surface area contributed by atoms with Crippen LogP contribution in [0, 0.1) is 12.8 Å². The molecule has 0 fully saturated rings. The van der Waals surface area contributed by atoms with Crippen LogP contribution in [0.15, 0.2) is 24.7 Å². The molecular weight excluding hydrogens is 356 g/mol. The Kier molecular flexibility index (Phi) is 5.33. The van der Waals surface area contributed by atoms with Gasteiger partial charge in [0.15, 0.2) is 0 Å². The van der Waals surface area contributed by atoms with Crippen molar-refractivity contribution in [2.75, 3.05) is 19.3 Å². The minimum absolute atomic E-state index is 0.0766. The molecule has 2 aromatic heterocycles. The first-order valence-electron chi connectivity index (χ1n) is 8.35. The number of rotatable bonds is 5. The van der Waals surface area contributed by atoms with Gasteiger partial charge in [-0.25, -0.2) is 18.1 Å². The maximum atomic E-state index is 12.9. The van der Waals surface area contributed by atoms with Crippen molar-refractivity contribution in [1.29, 1.82) is 0 Å². The van der Waals surface area contributed by atoms with Gasteiger partial charge in [0.05, 0.1) is 30.4 Å². The van der Waals surface area contributed by atoms with E-state index in [4.69, 9.17) is 0 Å². The molecule has 0 aliphatic carbocycles. The summed E-state index contributed by atoms with van der Waals surface area (Å²) in [6.45, 7) is 3.72. The van der Waals surface area contributed by atoms with E-state index in [1.807, 2.05) is 17.7 Å². The zero-order chi connectivity index (χ0) is 18.7. The van der Waals surface area contributed by atoms with E-state index >= 15 is 0 Å². The van der Waals surface area contributed by atoms with Gasteiger partial charge in [0.1, 0.15) is 5.69 Å². The van der Waals surface area contributed by atoms with Gasteiger partial charge in [-0.2, -0.15) is 5.10 Å². The molecule has 1 aliphatic heterocycles. The number of fused-ring (bicyclic) bond motifs is 1. The largest absolute Gasteiger partial charge is 0.331 e. The highest BCUT2D eigenvalue weighted by molar-refractivity contribution is 7.88. The number of nitrogens with one attached hydrogen (secondary N) is 1. The van der Waals surface area contributed by atoms with Gasteiger partial charge in [0, 0.05) is 32.0 Å². The van der Waals surface area contributed by atoms with Crippen LogP contribution < -0.4 is 4.72 Å². The van der Waals surface area contributed by atoms with Crippen LogP contribution >= 0.6 is 0 Å². The number of aromatic nitrogens is 4. The molecule has 1 N–H and O–H groups in total. The monoisotopic (exact) mass is 378 g/mol. The lowest BCUT2D eigenvalue weighted by Gasteiger charge is -2.23. The van der Waals surface area contributed by atoms with Crippen molar-refractivity contribution >= 4 is 15.9 Å². The number of carbonyl (C=O) groups is 1. The fourth-order valence-corrected chi connectivity index (χ4v) is 3.47. The van der Waals surface area contributed by atoms with Crippen molar-refractivity contribution in [3.05, 3.63) is 41.7 Å². The van der Waals surface area contributed by atoms with Crippen LogP contribution in [0.3, 0.4) is 0 Å². The van der Waals surface area contributed by atoms with Crippen molar-refractivity contribution < 1.29 is 13.2 Å². The van der Waals surface area contributed by atoms with Crippen molar-refractivity contribution in [2.45, 2.75) is 26.4 Å². The third-order valence-electron chi connectivity index (χ3n) is 4.27. The lowest BCUT2D eigenvalue weighted by molar-refractivity contribution is 0.0712. The van der Waals surface area contributed by atoms with E-state index in [1.165, 1.54) is 6.20 Å². The number of nitrogens with zero attached hydrogens (tertiary/aromatic N) is 5. The Morgan fingerprint density at radius 1 is 1.31 bits per heavy atom. The molecule has 0 bridgehead atoms. The molecule has 0 aromatic carbocycles. The predicted molar refractivity (Wildman–Crippen MR) is 94.7 cm³/mol. The summed E-state index contributed by atoms with van der Waals surface area (Å²) in [6.07, 6.45) is 6.51. The molecule has 10 heteroatoms. The van der Waals surface area contributed by atoms with Crippen LogP contribution in [0.4, 0.5) is 0 Å². The first kappa shape index (κ1) is 18.5. The molecule has 140 valence electrons. The highest BCUT2D eigenvalue weighted by atomic mass is 32.2. The number of sulfonamides is 1. The number of hydrogen-bond acceptors (Lipinski definition) is 6. The maximum absolute atomic E-state index is 12.9. The Labute approximate surface area is 152 Å². The fourth-order valence-electron chi connectivity index (χ4n) is 2.98. The Bertz CT molecular complexity index is 878. The first-order valence-corrected chi connectivity index (χ1v) is 10.2. The van der Waals surface area contributed by atoms with Crippen LogP contribution in [-0.2, 0) is 23.1 Å². The van der Waals surface area contributed by atoms with Gasteiger partial charge >= 0.3 is 0 Å². The van der Waals surface area contributed by atoms with Crippen molar-refractivity contribution in [2.24, 2.45) is 5.92 Å². The summed E-state index contributed by atoms with van der Waals surface area (Å²) in [5.74, 6) is -0.110. The lowest BCUT2D eigenvalue weighted by atomic mass is 10.1. The van der Waals surface area contributed by atoms with Gasteiger partial charge < -0.3 is 4.90 Å². The summed E-state index contributed by atoms with van der Waals surface area (Å²) in [4.78, 5) is 22.9. The third-order valence-corrected chi connectivity index (χ3v) is 5.00. The summed E-state index contributed by atoms with van der Waals surface area (Å²) in [7, 11) is -3.23. The van der Waals surface area contributed by atoms with E-state index in [-0.39, 0.29) is 11.8 Å². The zero-order valence-electron chi connectivity index (χ0n) is 14.8. The molecule has 1 amide bonds. The molecule has 1 atom stereocenters. The van der Waals surface area contributed by atoms with Gasteiger partial charge in [-0.3, -0.25) is 14.5 Å². The van der Waals surface area contributed by atoms with E-state index < -0.39 is 10.0 Å². The summed E-state index contributed by atoms with van der Waals surface area (Å²) in [5, 5.41) is 4.31. The Morgan fingerprint density at radius 3 is 2.81 bits per heavy atom. The molecule has 3 rings (SSSR count). The van der Waals surface area contributed by atoms with Crippen molar-refractivity contribution in [3.63, 3.8) is 0 Å². The third kappa shape index (κ3) is 4.64. The molecule has 0 saturated carbocycles. The quantitative estimate of drug-likeness (QED) is 0.795. The van der Waals surface area contributed by atoms with E-state index in [2.05, 4.69) is 19.8 Å². The second kappa shape index (κ2) is 7.50. The number of amides is 1. The van der Waals surface area contributed by atoms with Crippen molar-refractivity contribution in [1.82, 2.24) is 29.4 Å². The van der Waals surface area contributed by atoms with Gasteiger partial charge in [-0.1, -0.05) is 0 Å². The highest BCUT2D eigenvalue weighted by Gasteiger charge is 2.27. The molecule has 1 aliphatic rings. The average molecular weight is 378 g/mol. The standard InChI is InChI=1S/C16H22N6O3S/c1-12-7-18-15(8-17-12)16(23)21-9-13(3-6-20-26(2,24)25)10-22-14(11-21)4-5-19-22/h4-5,7-8,13,20H,3,6,9-11H2,1-2H3. The molecule has 9 nitrogen and oxygen atoms in total. The first-order chi connectivity index (χ1) is 12.3. The molecule has 0 saturated heterocycles. The van der Waals surface area contributed by atoms with E-state index in [0.29, 0.717) is 38.3 Å². The fraction of sp³-hybridized carbons (Fsp3) is 0.500. The number of hydrogen-bond donors (Lipinski definition) is 1.